The van der Waals surface area contributed by atoms with Crippen LogP contribution in [0.25, 0.3) is 0 Å². The van der Waals surface area contributed by atoms with Crippen molar-refractivity contribution < 1.29 is 9.53 Å². The molecule has 0 spiro atoms. The topological polar surface area (TPSA) is 74.8 Å². The number of ether oxygens (including phenoxy) is 1. The molecule has 0 unspecified atom stereocenters. The van der Waals surface area contributed by atoms with Crippen LogP contribution in [0.2, 0.25) is 0 Å². The number of guanidine groups is 1. The van der Waals surface area contributed by atoms with E-state index in [2.05, 4.69) is 36.9 Å². The highest BCUT2D eigenvalue weighted by Gasteiger charge is 2.03. The molecule has 0 atom stereocenters. The summed E-state index contributed by atoms with van der Waals surface area (Å²) in [5.74, 6) is 0.720. The molecule has 1 aromatic carbocycles. The number of halogens is 1. The first kappa shape index (κ1) is 21.4. The Morgan fingerprint density at radius 1 is 1.16 bits per heavy atom. The molecule has 0 aliphatic carbocycles. The highest BCUT2D eigenvalue weighted by atomic mass is 79.9. The monoisotopic (exact) mass is 412 g/mol. The van der Waals surface area contributed by atoms with Crippen molar-refractivity contribution in [3.8, 4) is 0 Å². The third-order valence-corrected chi connectivity index (χ3v) is 3.82. The van der Waals surface area contributed by atoms with Gasteiger partial charge in [0.05, 0.1) is 0 Å². The summed E-state index contributed by atoms with van der Waals surface area (Å²) in [6, 6.07) is 7.52. The highest BCUT2D eigenvalue weighted by Crippen LogP contribution is 2.14. The number of nitrogens with zero attached hydrogens (tertiary/aromatic N) is 1. The zero-order valence-corrected chi connectivity index (χ0v) is 16.7. The predicted molar refractivity (Wildman–Crippen MR) is 107 cm³/mol. The maximum Gasteiger partial charge on any atom is 0.226 e. The molecule has 0 radical (unpaired) electrons. The fourth-order valence-electron chi connectivity index (χ4n) is 2.04. The summed E-state index contributed by atoms with van der Waals surface area (Å²) in [6.45, 7) is 7.63. The molecular weight excluding hydrogens is 384 g/mol. The molecule has 0 heterocycles. The van der Waals surface area contributed by atoms with Gasteiger partial charge < -0.3 is 20.7 Å². The number of carbonyl (C=O) groups excluding carboxylic acids is 1. The minimum Gasteiger partial charge on any atom is -0.382 e. The Morgan fingerprint density at radius 3 is 2.60 bits per heavy atom. The van der Waals surface area contributed by atoms with E-state index in [9.17, 15) is 4.79 Å². The summed E-state index contributed by atoms with van der Waals surface area (Å²) in [5.41, 5.74) is 0.795. The van der Waals surface area contributed by atoms with Crippen LogP contribution in [0.5, 0.6) is 0 Å². The molecule has 0 saturated heterocycles. The van der Waals surface area contributed by atoms with Crippen LogP contribution >= 0.6 is 15.9 Å². The van der Waals surface area contributed by atoms with E-state index in [1.54, 1.807) is 0 Å². The van der Waals surface area contributed by atoms with E-state index < -0.39 is 0 Å². The summed E-state index contributed by atoms with van der Waals surface area (Å²) in [6.07, 6.45) is 2.37. The zero-order valence-electron chi connectivity index (χ0n) is 15.1. The summed E-state index contributed by atoms with van der Waals surface area (Å²) < 4.78 is 6.29. The van der Waals surface area contributed by atoms with Crippen LogP contribution in [0, 0.1) is 0 Å². The van der Waals surface area contributed by atoms with Crippen molar-refractivity contribution in [2.75, 3.05) is 38.2 Å². The van der Waals surface area contributed by atoms with Gasteiger partial charge in [-0.2, -0.15) is 0 Å². The Labute approximate surface area is 158 Å². The van der Waals surface area contributed by atoms with Crippen LogP contribution in [0.15, 0.2) is 33.7 Å². The molecule has 140 valence electrons. The van der Waals surface area contributed by atoms with Gasteiger partial charge in [0.25, 0.3) is 0 Å². The van der Waals surface area contributed by atoms with E-state index in [0.717, 1.165) is 55.3 Å². The standard InChI is InChI=1S/C18H29BrN4O2/c1-3-20-18(21-12-5-6-14-25-4-2)22-13-11-17(24)23-16-9-7-15(19)8-10-16/h7-10H,3-6,11-14H2,1-2H3,(H,23,24)(H2,20,21,22). The van der Waals surface area contributed by atoms with Crippen LogP contribution in [0.3, 0.4) is 0 Å². The largest absolute Gasteiger partial charge is 0.382 e. The lowest BCUT2D eigenvalue weighted by molar-refractivity contribution is -0.116. The predicted octanol–water partition coefficient (Wildman–Crippen LogP) is 3.15. The molecule has 1 amide bonds. The van der Waals surface area contributed by atoms with E-state index in [4.69, 9.17) is 4.74 Å². The molecule has 1 aromatic rings. The molecule has 3 N–H and O–H groups in total. The molecule has 0 aliphatic rings. The summed E-state index contributed by atoms with van der Waals surface area (Å²) in [5, 5.41) is 9.25. The molecule has 25 heavy (non-hydrogen) atoms. The van der Waals surface area contributed by atoms with Gasteiger partial charge in [0.15, 0.2) is 5.96 Å². The fraction of sp³-hybridized carbons (Fsp3) is 0.556. The smallest absolute Gasteiger partial charge is 0.226 e. The second-order valence-electron chi connectivity index (χ2n) is 5.40. The van der Waals surface area contributed by atoms with E-state index in [1.807, 2.05) is 38.1 Å². The van der Waals surface area contributed by atoms with E-state index in [0.29, 0.717) is 13.0 Å². The second kappa shape index (κ2) is 13.7. The van der Waals surface area contributed by atoms with Crippen molar-refractivity contribution in [3.05, 3.63) is 28.7 Å². The van der Waals surface area contributed by atoms with Crippen molar-refractivity contribution >= 4 is 33.5 Å². The van der Waals surface area contributed by atoms with Crippen molar-refractivity contribution in [1.29, 1.82) is 0 Å². The van der Waals surface area contributed by atoms with Gasteiger partial charge in [-0.15, -0.1) is 0 Å². The van der Waals surface area contributed by atoms with Gasteiger partial charge in [-0.1, -0.05) is 15.9 Å². The third kappa shape index (κ3) is 10.8. The highest BCUT2D eigenvalue weighted by molar-refractivity contribution is 9.10. The van der Waals surface area contributed by atoms with Gasteiger partial charge >= 0.3 is 0 Å². The number of hydrogen-bond donors (Lipinski definition) is 3. The summed E-state index contributed by atoms with van der Waals surface area (Å²) >= 11 is 3.37. The molecule has 0 bridgehead atoms. The Balaban J connectivity index is 2.26. The summed E-state index contributed by atoms with van der Waals surface area (Å²) in [4.78, 5) is 16.5. The van der Waals surface area contributed by atoms with Crippen LogP contribution in [0.4, 0.5) is 5.69 Å². The SMILES string of the molecule is CCNC(=NCCCCOCC)NCCC(=O)Nc1ccc(Br)cc1. The van der Waals surface area contributed by atoms with Gasteiger partial charge in [0, 0.05) is 49.4 Å². The molecule has 0 aromatic heterocycles. The minimum absolute atomic E-state index is 0.0256. The Kier molecular flexibility index (Phi) is 11.7. The lowest BCUT2D eigenvalue weighted by atomic mass is 10.3. The maximum absolute atomic E-state index is 12.0. The van der Waals surface area contributed by atoms with Gasteiger partial charge in [0.2, 0.25) is 5.91 Å². The number of nitrogens with one attached hydrogen (secondary N) is 3. The number of rotatable bonds is 11. The zero-order chi connectivity index (χ0) is 18.3. The van der Waals surface area contributed by atoms with Crippen LogP contribution in [-0.4, -0.2) is 44.7 Å². The number of anilines is 1. The summed E-state index contributed by atoms with van der Waals surface area (Å²) in [7, 11) is 0. The van der Waals surface area contributed by atoms with Gasteiger partial charge in [0.1, 0.15) is 0 Å². The first-order chi connectivity index (χ1) is 12.2. The van der Waals surface area contributed by atoms with Crippen molar-refractivity contribution in [2.24, 2.45) is 4.99 Å². The van der Waals surface area contributed by atoms with E-state index >= 15 is 0 Å². The van der Waals surface area contributed by atoms with Crippen LogP contribution in [-0.2, 0) is 9.53 Å². The molecule has 0 fully saturated rings. The van der Waals surface area contributed by atoms with Crippen molar-refractivity contribution in [3.63, 3.8) is 0 Å². The van der Waals surface area contributed by atoms with Gasteiger partial charge in [-0.05, 0) is 51.0 Å². The van der Waals surface area contributed by atoms with Crippen LogP contribution < -0.4 is 16.0 Å². The number of amides is 1. The number of carbonyl (C=O) groups is 1. The lowest BCUT2D eigenvalue weighted by Crippen LogP contribution is -2.38. The van der Waals surface area contributed by atoms with E-state index in [1.165, 1.54) is 0 Å². The second-order valence-corrected chi connectivity index (χ2v) is 6.31. The molecule has 0 saturated carbocycles. The normalized spacial score (nSPS) is 11.2. The average molecular weight is 413 g/mol. The van der Waals surface area contributed by atoms with Crippen LogP contribution in [0.1, 0.15) is 33.1 Å². The fourth-order valence-corrected chi connectivity index (χ4v) is 2.31. The Bertz CT molecular complexity index is 520. The van der Waals surface area contributed by atoms with Crippen molar-refractivity contribution in [2.45, 2.75) is 33.1 Å². The third-order valence-electron chi connectivity index (χ3n) is 3.29. The molecule has 7 heteroatoms. The minimum atomic E-state index is -0.0256. The lowest BCUT2D eigenvalue weighted by Gasteiger charge is -2.11. The van der Waals surface area contributed by atoms with Gasteiger partial charge in [-0.25, -0.2) is 0 Å². The average Bonchev–Trinajstić information content (AvgIpc) is 2.60. The molecule has 1 rings (SSSR count). The Morgan fingerprint density at radius 2 is 1.92 bits per heavy atom. The number of unbranched alkanes of at least 4 members (excludes halogenated alkanes) is 1. The van der Waals surface area contributed by atoms with E-state index in [-0.39, 0.29) is 5.91 Å². The molecule has 6 nitrogen and oxygen atoms in total. The first-order valence-corrected chi connectivity index (χ1v) is 9.60. The number of benzene rings is 1. The molecular formula is C18H29BrN4O2. The quantitative estimate of drug-likeness (QED) is 0.296. The number of aliphatic imine (C=N–C) groups is 1. The number of hydrogen-bond acceptors (Lipinski definition) is 3. The molecule has 0 aliphatic heterocycles. The Hall–Kier alpha value is -1.60. The van der Waals surface area contributed by atoms with Crippen molar-refractivity contribution in [1.82, 2.24) is 10.6 Å². The maximum atomic E-state index is 12.0. The van der Waals surface area contributed by atoms with Gasteiger partial charge in [-0.3, -0.25) is 9.79 Å². The first-order valence-electron chi connectivity index (χ1n) is 8.81.